The van der Waals surface area contributed by atoms with Crippen LogP contribution in [0.5, 0.6) is 11.8 Å². The van der Waals surface area contributed by atoms with Gasteiger partial charge >= 0.3 is 0 Å². The number of carbonyl (C=O) groups is 1. The molecule has 9 heteroatoms. The van der Waals surface area contributed by atoms with Crippen molar-refractivity contribution in [3.8, 4) is 11.8 Å². The largest absolute Gasteiger partial charge is 0.477 e. The van der Waals surface area contributed by atoms with E-state index in [2.05, 4.69) is 25.6 Å². The number of hydrogen-bond donors (Lipinski definition) is 1. The molecule has 0 aromatic carbocycles. The second kappa shape index (κ2) is 7.24. The van der Waals surface area contributed by atoms with Crippen molar-refractivity contribution in [1.82, 2.24) is 30.3 Å². The third kappa shape index (κ3) is 3.79. The number of carbonyl (C=O) groups excluding carboxylic acids is 1. The smallest absolute Gasteiger partial charge is 0.278 e. The molecule has 1 amide bonds. The maximum Gasteiger partial charge on any atom is 0.278 e. The number of rotatable bonds is 5. The molecular formula is C15H20N6O3. The van der Waals surface area contributed by atoms with Gasteiger partial charge in [0, 0.05) is 25.5 Å². The Morgan fingerprint density at radius 2 is 1.92 bits per heavy atom. The fourth-order valence-corrected chi connectivity index (χ4v) is 2.73. The molecule has 2 aromatic rings. The molecule has 3 rings (SSSR count). The van der Waals surface area contributed by atoms with Crippen molar-refractivity contribution in [1.29, 1.82) is 0 Å². The van der Waals surface area contributed by atoms with Gasteiger partial charge in [-0.25, -0.2) is 9.97 Å². The summed E-state index contributed by atoms with van der Waals surface area (Å²) < 4.78 is 12.5. The molecule has 0 unspecified atom stereocenters. The molecule has 24 heavy (non-hydrogen) atoms. The van der Waals surface area contributed by atoms with Crippen LogP contribution in [0.4, 0.5) is 0 Å². The van der Waals surface area contributed by atoms with Crippen LogP contribution < -0.4 is 14.8 Å². The normalized spacial score (nSPS) is 20.4. The number of hydrogen-bond acceptors (Lipinski definition) is 7. The summed E-state index contributed by atoms with van der Waals surface area (Å²) >= 11 is 0. The molecule has 0 atom stereocenters. The van der Waals surface area contributed by atoms with Crippen LogP contribution in [-0.4, -0.2) is 50.1 Å². The van der Waals surface area contributed by atoms with E-state index in [1.54, 1.807) is 25.6 Å². The van der Waals surface area contributed by atoms with Crippen molar-refractivity contribution in [2.75, 3.05) is 7.11 Å². The van der Waals surface area contributed by atoms with E-state index in [-0.39, 0.29) is 18.1 Å². The topological polar surface area (TPSA) is 104 Å². The summed E-state index contributed by atoms with van der Waals surface area (Å²) in [7, 11) is 3.27. The predicted molar refractivity (Wildman–Crippen MR) is 83.7 cm³/mol. The third-order valence-corrected chi connectivity index (χ3v) is 3.95. The Bertz CT molecular complexity index is 696. The number of aryl methyl sites for hydroxylation is 1. The van der Waals surface area contributed by atoms with Gasteiger partial charge in [0.15, 0.2) is 5.69 Å². The van der Waals surface area contributed by atoms with Gasteiger partial charge < -0.3 is 14.8 Å². The lowest BCUT2D eigenvalue weighted by molar-refractivity contribution is 0.0881. The summed E-state index contributed by atoms with van der Waals surface area (Å²) in [5, 5.41) is 10.6. The summed E-state index contributed by atoms with van der Waals surface area (Å²) in [5.74, 6) is 0.602. The molecule has 1 N–H and O–H groups in total. The highest BCUT2D eigenvalue weighted by molar-refractivity contribution is 5.92. The molecule has 1 saturated carbocycles. The zero-order valence-corrected chi connectivity index (χ0v) is 13.7. The Morgan fingerprint density at radius 3 is 2.54 bits per heavy atom. The first-order valence-electron chi connectivity index (χ1n) is 7.84. The minimum Gasteiger partial charge on any atom is -0.477 e. The average Bonchev–Trinajstić information content (AvgIpc) is 3.04. The molecule has 128 valence electrons. The number of ether oxygens (including phenoxy) is 2. The van der Waals surface area contributed by atoms with Crippen LogP contribution in [0.3, 0.4) is 0 Å². The third-order valence-electron chi connectivity index (χ3n) is 3.95. The van der Waals surface area contributed by atoms with Gasteiger partial charge in [-0.15, -0.1) is 5.10 Å². The second-order valence-corrected chi connectivity index (χ2v) is 5.71. The molecule has 1 aliphatic rings. The minimum absolute atomic E-state index is 0.0419. The SMILES string of the molecule is COc1nccnc1OC1CCC(NC(=O)c2cn(C)nn2)CC1. The molecule has 0 saturated heterocycles. The van der Waals surface area contributed by atoms with E-state index in [1.807, 2.05) is 0 Å². The molecule has 0 radical (unpaired) electrons. The highest BCUT2D eigenvalue weighted by Crippen LogP contribution is 2.27. The molecule has 0 bridgehead atoms. The summed E-state index contributed by atoms with van der Waals surface area (Å²) in [6.07, 6.45) is 8.09. The minimum atomic E-state index is -0.192. The van der Waals surface area contributed by atoms with Crippen LogP contribution >= 0.6 is 0 Å². The van der Waals surface area contributed by atoms with E-state index in [1.165, 1.54) is 11.8 Å². The molecule has 1 fully saturated rings. The lowest BCUT2D eigenvalue weighted by Crippen LogP contribution is -2.40. The average molecular weight is 332 g/mol. The van der Waals surface area contributed by atoms with Gasteiger partial charge in [0.2, 0.25) is 0 Å². The Hall–Kier alpha value is -2.71. The monoisotopic (exact) mass is 332 g/mol. The zero-order chi connectivity index (χ0) is 16.9. The summed E-state index contributed by atoms with van der Waals surface area (Å²) in [6, 6.07) is 0.114. The van der Waals surface area contributed by atoms with Crippen LogP contribution in [-0.2, 0) is 7.05 Å². The van der Waals surface area contributed by atoms with Crippen molar-refractivity contribution in [2.45, 2.75) is 37.8 Å². The highest BCUT2D eigenvalue weighted by atomic mass is 16.5. The van der Waals surface area contributed by atoms with Gasteiger partial charge in [0.1, 0.15) is 6.10 Å². The maximum absolute atomic E-state index is 12.1. The van der Waals surface area contributed by atoms with Crippen LogP contribution in [0.2, 0.25) is 0 Å². The lowest BCUT2D eigenvalue weighted by Gasteiger charge is -2.29. The predicted octanol–water partition coefficient (Wildman–Crippen LogP) is 0.734. The summed E-state index contributed by atoms with van der Waals surface area (Å²) in [4.78, 5) is 20.3. The van der Waals surface area contributed by atoms with Crippen molar-refractivity contribution in [3.05, 3.63) is 24.3 Å². The molecule has 2 heterocycles. The van der Waals surface area contributed by atoms with Crippen molar-refractivity contribution in [2.24, 2.45) is 7.05 Å². The fourth-order valence-electron chi connectivity index (χ4n) is 2.73. The standard InChI is InChI=1S/C15H20N6O3/c1-21-9-12(19-20-21)13(22)18-10-3-5-11(6-4-10)24-15-14(23-2)16-7-8-17-15/h7-11H,3-6H2,1-2H3,(H,18,22). The van der Waals surface area contributed by atoms with Gasteiger partial charge in [-0.05, 0) is 25.7 Å². The van der Waals surface area contributed by atoms with E-state index >= 15 is 0 Å². The number of nitrogens with one attached hydrogen (secondary N) is 1. The number of methoxy groups -OCH3 is 1. The summed E-state index contributed by atoms with van der Waals surface area (Å²) in [6.45, 7) is 0. The van der Waals surface area contributed by atoms with E-state index < -0.39 is 0 Å². The van der Waals surface area contributed by atoms with Crippen molar-refractivity contribution >= 4 is 5.91 Å². The molecule has 1 aliphatic carbocycles. The van der Waals surface area contributed by atoms with Crippen LogP contribution in [0.1, 0.15) is 36.2 Å². The molecule has 2 aromatic heterocycles. The summed E-state index contributed by atoms with van der Waals surface area (Å²) in [5.41, 5.74) is 0.333. The number of nitrogens with zero attached hydrogens (tertiary/aromatic N) is 5. The highest BCUT2D eigenvalue weighted by Gasteiger charge is 2.25. The second-order valence-electron chi connectivity index (χ2n) is 5.71. The first-order chi connectivity index (χ1) is 11.7. The van der Waals surface area contributed by atoms with Gasteiger partial charge in [0.25, 0.3) is 17.7 Å². The Balaban J connectivity index is 1.50. The van der Waals surface area contributed by atoms with Gasteiger partial charge in [-0.2, -0.15) is 0 Å². The van der Waals surface area contributed by atoms with Crippen molar-refractivity contribution in [3.63, 3.8) is 0 Å². The Morgan fingerprint density at radius 1 is 1.21 bits per heavy atom. The first-order valence-corrected chi connectivity index (χ1v) is 7.84. The fraction of sp³-hybridized carbons (Fsp3) is 0.533. The van der Waals surface area contributed by atoms with Crippen LogP contribution in [0, 0.1) is 0 Å². The van der Waals surface area contributed by atoms with Crippen molar-refractivity contribution < 1.29 is 14.3 Å². The van der Waals surface area contributed by atoms with E-state index in [0.29, 0.717) is 17.5 Å². The van der Waals surface area contributed by atoms with Gasteiger partial charge in [-0.1, -0.05) is 5.21 Å². The number of amides is 1. The quantitative estimate of drug-likeness (QED) is 0.861. The zero-order valence-electron chi connectivity index (χ0n) is 13.7. The van der Waals surface area contributed by atoms with E-state index in [0.717, 1.165) is 25.7 Å². The van der Waals surface area contributed by atoms with Crippen LogP contribution in [0.25, 0.3) is 0 Å². The van der Waals surface area contributed by atoms with E-state index in [9.17, 15) is 4.79 Å². The number of aromatic nitrogens is 5. The van der Waals surface area contributed by atoms with Crippen LogP contribution in [0.15, 0.2) is 18.6 Å². The first kappa shape index (κ1) is 16.2. The van der Waals surface area contributed by atoms with E-state index in [4.69, 9.17) is 9.47 Å². The van der Waals surface area contributed by atoms with Gasteiger partial charge in [-0.3, -0.25) is 9.48 Å². The Kier molecular flexibility index (Phi) is 4.88. The Labute approximate surface area is 139 Å². The lowest BCUT2D eigenvalue weighted by atomic mass is 9.93. The van der Waals surface area contributed by atoms with Gasteiger partial charge in [0.05, 0.1) is 13.3 Å². The maximum atomic E-state index is 12.1. The molecule has 9 nitrogen and oxygen atoms in total. The molecular weight excluding hydrogens is 312 g/mol. The molecule has 0 spiro atoms. The molecule has 0 aliphatic heterocycles.